The second-order valence-electron chi connectivity index (χ2n) is 15.6. The van der Waals surface area contributed by atoms with E-state index in [-0.39, 0.29) is 0 Å². The van der Waals surface area contributed by atoms with Gasteiger partial charge in [-0.3, -0.25) is 0 Å². The average molecular weight is 1520 g/mol. The van der Waals surface area contributed by atoms with Gasteiger partial charge in [-0.25, -0.2) is 25.3 Å². The molecule has 11 nitrogen and oxygen atoms in total. The topological polar surface area (TPSA) is 149 Å². The molecule has 0 radical (unpaired) electrons. The Morgan fingerprint density at radius 2 is 0.210 bits per heavy atom. The predicted molar refractivity (Wildman–Crippen MR) is 471 cm³/mol. The second kappa shape index (κ2) is 129. The maximum atomic E-state index is 12.0. The van der Waals surface area contributed by atoms with Crippen LogP contribution in [0.4, 0.5) is 0 Å². The minimum Gasteiger partial charge on any atom is -0.388 e. The molecule has 0 bridgehead atoms. The van der Waals surface area contributed by atoms with Crippen LogP contribution in [0.3, 0.4) is 0 Å². The van der Waals surface area contributed by atoms with Crippen molar-refractivity contribution >= 4 is 29.5 Å². The smallest absolute Gasteiger partial charge is 0.206 e. The lowest BCUT2D eigenvalue weighted by Gasteiger charge is -2.03. The van der Waals surface area contributed by atoms with Crippen LogP contribution in [0.15, 0.2) is 321 Å². The molecule has 0 saturated carbocycles. The van der Waals surface area contributed by atoms with Crippen molar-refractivity contribution in [1.82, 2.24) is 0 Å². The fourth-order valence-corrected chi connectivity index (χ4v) is 9.07. The minimum atomic E-state index is -3.34. The van der Waals surface area contributed by atoms with E-state index in [1.54, 1.807) is 253 Å². The lowest BCUT2D eigenvalue weighted by atomic mass is 10.4. The van der Waals surface area contributed by atoms with Crippen LogP contribution in [-0.4, -0.2) is 96.4 Å². The van der Waals surface area contributed by atoms with E-state index in [9.17, 15) is 25.3 Å². The van der Waals surface area contributed by atoms with Gasteiger partial charge in [0.1, 0.15) is 0 Å². The molecule has 0 aliphatic heterocycles. The second-order valence-corrected chi connectivity index (χ2v) is 21.5. The molecule has 0 N–H and O–H groups in total. The van der Waals surface area contributed by atoms with Crippen LogP contribution in [0.2, 0.25) is 0 Å². The van der Waals surface area contributed by atoms with Crippen LogP contribution >= 0.6 is 0 Å². The highest BCUT2D eigenvalue weighted by Gasteiger charge is 2.17. The molecule has 0 atom stereocenters. The number of benzene rings is 9. The Morgan fingerprint density at radius 3 is 0.267 bits per heavy atom. The lowest BCUT2D eigenvalue weighted by Crippen LogP contribution is -2.00. The van der Waals surface area contributed by atoms with Gasteiger partial charge in [0.15, 0.2) is 0 Å². The van der Waals surface area contributed by atoms with Crippen molar-refractivity contribution in [3.63, 3.8) is 0 Å². The summed E-state index contributed by atoms with van der Waals surface area (Å²) in [5.41, 5.74) is 0. The van der Waals surface area contributed by atoms with Gasteiger partial charge in [-0.1, -0.05) is 405 Å². The monoisotopic (exact) mass is 1520 g/mol. The van der Waals surface area contributed by atoms with Crippen LogP contribution in [-0.2, 0) is 53.2 Å². The van der Waals surface area contributed by atoms with E-state index in [4.69, 9.17) is 0 Å². The van der Waals surface area contributed by atoms with E-state index < -0.39 is 29.5 Å². The molecule has 606 valence electrons. The lowest BCUT2D eigenvalue weighted by molar-refractivity contribution is 0.277. The third kappa shape index (κ3) is 96.6. The highest BCUT2D eigenvalue weighted by atomic mass is 32.2. The number of hydrogen-bond donors (Lipinski definition) is 0. The van der Waals surface area contributed by atoms with Crippen molar-refractivity contribution < 1.29 is 48.9 Å². The van der Waals surface area contributed by atoms with Gasteiger partial charge in [0.2, 0.25) is 29.5 Å². The SMILES string of the molecule is CC.CC.CC.CC.CC.CC.CC.CC.CC.CC.CC.CC.CCC.COC.COC.COC.COC.COC.O=S(=O)(c1ccccc1)c1ccccc1.O=S(=O)(c1ccccc1)c1ccccc1.O=S(=O)(c1ccccc1)c1ccccc1.c1ccccc1.c1ccccc1.c1ccccc1. The zero-order chi connectivity index (χ0) is 85.1. The summed E-state index contributed by atoms with van der Waals surface area (Å²) in [6.45, 7) is 52.2. The molecule has 0 spiro atoms. The first kappa shape index (κ1) is 134. The van der Waals surface area contributed by atoms with Crippen molar-refractivity contribution in [2.45, 2.75) is 216 Å². The Labute approximate surface area is 652 Å². The Balaban J connectivity index is -0.0000000657. The molecular formula is C91H158O11S3. The standard InChI is InChI=1S/3C12H10O2S.3C6H6.C3H8.5C2H6O.12C2H6/c3*13-15(14,11-7-3-1-4-8-11)12-9-5-2-6-10-12;3*1-2-4-6-5-3-1;6*1-3-2;12*1-2/h3*1-10H;3*1-6H;3H2,1-2H3;5*1-2H3;12*1-2H3. The summed E-state index contributed by atoms with van der Waals surface area (Å²) in [5.74, 6) is 0. The van der Waals surface area contributed by atoms with Crippen LogP contribution in [0.5, 0.6) is 0 Å². The maximum absolute atomic E-state index is 12.0. The number of sulfone groups is 3. The van der Waals surface area contributed by atoms with Gasteiger partial charge in [0.05, 0.1) is 29.4 Å². The number of rotatable bonds is 6. The normalized spacial score (nSPS) is 7.89. The quantitative estimate of drug-likeness (QED) is 0.157. The fraction of sp³-hybridized carbons (Fsp3) is 0.407. The first-order valence-electron chi connectivity index (χ1n) is 37.2. The van der Waals surface area contributed by atoms with Crippen molar-refractivity contribution in [1.29, 1.82) is 0 Å². The van der Waals surface area contributed by atoms with Crippen molar-refractivity contribution in [2.24, 2.45) is 0 Å². The zero-order valence-corrected chi connectivity index (χ0v) is 75.6. The summed E-state index contributed by atoms with van der Waals surface area (Å²) in [6, 6.07) is 86.6. The fourth-order valence-electron chi connectivity index (χ4n) is 5.16. The summed E-state index contributed by atoms with van der Waals surface area (Å²) in [5, 5.41) is 0. The van der Waals surface area contributed by atoms with E-state index in [2.05, 4.69) is 37.5 Å². The van der Waals surface area contributed by atoms with E-state index in [1.165, 1.54) is 6.42 Å². The predicted octanol–water partition coefficient (Wildman–Crippen LogP) is 27.7. The van der Waals surface area contributed by atoms with E-state index in [0.29, 0.717) is 29.4 Å². The summed E-state index contributed by atoms with van der Waals surface area (Å²) in [4.78, 5) is 1.98. The Morgan fingerprint density at radius 1 is 0.162 bits per heavy atom. The molecule has 0 fully saturated rings. The zero-order valence-electron chi connectivity index (χ0n) is 73.1. The van der Waals surface area contributed by atoms with E-state index >= 15 is 0 Å². The molecule has 0 saturated heterocycles. The third-order valence-corrected chi connectivity index (χ3v) is 13.7. The highest BCUT2D eigenvalue weighted by Crippen LogP contribution is 2.21. The van der Waals surface area contributed by atoms with Crippen molar-refractivity contribution in [3.05, 3.63) is 291 Å². The van der Waals surface area contributed by atoms with Crippen molar-refractivity contribution in [3.8, 4) is 0 Å². The van der Waals surface area contributed by atoms with Crippen LogP contribution in [0, 0.1) is 0 Å². The number of hydrogen-bond acceptors (Lipinski definition) is 11. The number of methoxy groups -OCH3 is 5. The summed E-state index contributed by atoms with van der Waals surface area (Å²) < 4.78 is 93.5. The summed E-state index contributed by atoms with van der Waals surface area (Å²) in [6.07, 6.45) is 1.25. The molecule has 9 aromatic carbocycles. The molecule has 14 heteroatoms. The van der Waals surface area contributed by atoms with Crippen molar-refractivity contribution in [2.75, 3.05) is 71.1 Å². The van der Waals surface area contributed by atoms with Gasteiger partial charge >= 0.3 is 0 Å². The van der Waals surface area contributed by atoms with Gasteiger partial charge in [-0.2, -0.15) is 0 Å². The molecule has 0 heterocycles. The van der Waals surface area contributed by atoms with E-state index in [0.717, 1.165) is 0 Å². The molecule has 0 aliphatic carbocycles. The highest BCUT2D eigenvalue weighted by molar-refractivity contribution is 7.92. The molecule has 105 heavy (non-hydrogen) atoms. The van der Waals surface area contributed by atoms with Gasteiger partial charge in [-0.15, -0.1) is 0 Å². The molecule has 0 unspecified atom stereocenters. The maximum Gasteiger partial charge on any atom is 0.206 e. The first-order chi connectivity index (χ1) is 51.1. The third-order valence-electron chi connectivity index (χ3n) is 8.32. The largest absolute Gasteiger partial charge is 0.388 e. The molecule has 0 aliphatic rings. The van der Waals surface area contributed by atoms with Crippen LogP contribution < -0.4 is 0 Å². The van der Waals surface area contributed by atoms with Gasteiger partial charge in [0.25, 0.3) is 0 Å². The summed E-state index contributed by atoms with van der Waals surface area (Å²) in [7, 11) is 6.23. The summed E-state index contributed by atoms with van der Waals surface area (Å²) >= 11 is 0. The van der Waals surface area contributed by atoms with Crippen LogP contribution in [0.25, 0.3) is 0 Å². The molecule has 0 amide bonds. The van der Waals surface area contributed by atoms with Crippen LogP contribution in [0.1, 0.15) is 186 Å². The molecular weight excluding hydrogens is 1370 g/mol. The average Bonchev–Trinajstić information content (AvgIpc) is 0.837. The van der Waals surface area contributed by atoms with Gasteiger partial charge < -0.3 is 23.7 Å². The minimum absolute atomic E-state index is 0.330. The first-order valence-corrected chi connectivity index (χ1v) is 41.6. The Kier molecular flexibility index (Phi) is 165. The molecule has 0 aromatic heterocycles. The number of ether oxygens (including phenoxy) is 5. The Hall–Kier alpha value is -7.37. The van der Waals surface area contributed by atoms with Gasteiger partial charge in [-0.05, 0) is 72.8 Å². The van der Waals surface area contributed by atoms with Gasteiger partial charge in [0, 0.05) is 71.1 Å². The Bertz CT molecular complexity index is 2440. The molecule has 9 rings (SSSR count). The molecule has 9 aromatic rings. The van der Waals surface area contributed by atoms with E-state index in [1.807, 2.05) is 275 Å².